The van der Waals surface area contributed by atoms with Crippen molar-refractivity contribution in [2.24, 2.45) is 0 Å². The fourth-order valence-corrected chi connectivity index (χ4v) is 5.28. The van der Waals surface area contributed by atoms with Crippen LogP contribution in [0.15, 0.2) is 77.7 Å². The Labute approximate surface area is 215 Å². The molecule has 0 saturated carbocycles. The number of nitrogens with zero attached hydrogens (tertiary/aromatic N) is 2. The largest absolute Gasteiger partial charge is 0.439 e. The Balaban J connectivity index is 1.78. The molecule has 0 radical (unpaired) electrons. The maximum atomic E-state index is 13.3. The summed E-state index contributed by atoms with van der Waals surface area (Å²) in [6.07, 6.45) is 0.534. The third-order valence-corrected chi connectivity index (χ3v) is 7.43. The molecule has 3 aromatic carbocycles. The van der Waals surface area contributed by atoms with Gasteiger partial charge in [-0.25, -0.2) is 18.1 Å². The van der Waals surface area contributed by atoms with Gasteiger partial charge in [0, 0.05) is 22.4 Å². The Morgan fingerprint density at radius 1 is 0.946 bits per heavy atom. The van der Waals surface area contributed by atoms with Crippen molar-refractivity contribution in [3.63, 3.8) is 0 Å². The van der Waals surface area contributed by atoms with Crippen molar-refractivity contribution >= 4 is 27.6 Å². The van der Waals surface area contributed by atoms with E-state index in [1.54, 1.807) is 36.4 Å². The Bertz CT molecular complexity index is 1620. The van der Waals surface area contributed by atoms with Crippen molar-refractivity contribution in [3.05, 3.63) is 89.5 Å². The summed E-state index contributed by atoms with van der Waals surface area (Å²) in [5.74, 6) is 0.311. The van der Waals surface area contributed by atoms with Gasteiger partial charge in [0.2, 0.25) is 11.8 Å². The van der Waals surface area contributed by atoms with Crippen LogP contribution in [0.3, 0.4) is 0 Å². The zero-order valence-electron chi connectivity index (χ0n) is 20.6. The van der Waals surface area contributed by atoms with Crippen LogP contribution in [0.5, 0.6) is 11.6 Å². The van der Waals surface area contributed by atoms with Crippen LogP contribution < -0.4 is 14.8 Å². The van der Waals surface area contributed by atoms with Crippen molar-refractivity contribution in [2.75, 3.05) is 10.0 Å². The quantitative estimate of drug-likeness (QED) is 0.348. The molecule has 0 fully saturated rings. The molecule has 0 aliphatic carbocycles. The first-order valence-corrected chi connectivity index (χ1v) is 13.5. The zero-order valence-corrected chi connectivity index (χ0v) is 21.5. The number of sulfonamides is 1. The van der Waals surface area contributed by atoms with Gasteiger partial charge in [-0.2, -0.15) is 4.98 Å². The van der Waals surface area contributed by atoms with Gasteiger partial charge in [0.05, 0.1) is 10.6 Å². The number of carbonyl (C=O) groups is 1. The van der Waals surface area contributed by atoms with E-state index in [1.807, 2.05) is 31.2 Å². The molecular formula is C28H26N4O4S. The van der Waals surface area contributed by atoms with Gasteiger partial charge in [0.1, 0.15) is 5.75 Å². The smallest absolute Gasteiger partial charge is 0.264 e. The molecule has 0 spiro atoms. The minimum Gasteiger partial charge on any atom is -0.439 e. The summed E-state index contributed by atoms with van der Waals surface area (Å²) in [4.78, 5) is 22.0. The number of amides is 1. The standard InChI is InChI=1S/C28H26N4O4S/c1-4-22-25(24-14-6-5-13-23(24)17(2)3)30-28-31-27(22)36-20-11-7-9-18(15-20)26(33)29-19-10-8-12-21(16-19)37(34,35)32-28/h5-17H,4H2,1-3H3,(H,29,33)(H,30,31,32). The highest BCUT2D eigenvalue weighted by Gasteiger charge is 2.24. The minimum absolute atomic E-state index is 0.0362. The van der Waals surface area contributed by atoms with Gasteiger partial charge in [-0.05, 0) is 54.3 Å². The lowest BCUT2D eigenvalue weighted by atomic mass is 9.93. The molecule has 0 unspecified atom stereocenters. The number of fused-ring (bicyclic) bond motifs is 6. The van der Waals surface area contributed by atoms with Crippen molar-refractivity contribution in [3.8, 4) is 22.9 Å². The number of carbonyl (C=O) groups excluding carboxylic acids is 1. The molecule has 5 rings (SSSR count). The van der Waals surface area contributed by atoms with E-state index < -0.39 is 15.9 Å². The molecule has 8 nitrogen and oxygen atoms in total. The average molecular weight is 515 g/mol. The molecule has 1 aromatic heterocycles. The van der Waals surface area contributed by atoms with E-state index in [0.29, 0.717) is 29.1 Å². The Hall–Kier alpha value is -4.24. The highest BCUT2D eigenvalue weighted by Crippen LogP contribution is 2.37. The van der Waals surface area contributed by atoms with Gasteiger partial charge >= 0.3 is 0 Å². The second kappa shape index (κ2) is 9.67. The maximum Gasteiger partial charge on any atom is 0.264 e. The van der Waals surface area contributed by atoms with E-state index in [0.717, 1.165) is 16.7 Å². The van der Waals surface area contributed by atoms with E-state index in [4.69, 9.17) is 4.74 Å². The van der Waals surface area contributed by atoms with Crippen LogP contribution in [0.4, 0.5) is 11.6 Å². The molecule has 37 heavy (non-hydrogen) atoms. The first-order valence-electron chi connectivity index (χ1n) is 12.0. The van der Waals surface area contributed by atoms with Crippen molar-refractivity contribution in [1.82, 2.24) is 9.97 Å². The molecule has 4 aromatic rings. The lowest BCUT2D eigenvalue weighted by Gasteiger charge is -2.19. The summed E-state index contributed by atoms with van der Waals surface area (Å²) in [5.41, 5.74) is 3.95. The zero-order chi connectivity index (χ0) is 26.2. The lowest BCUT2D eigenvalue weighted by molar-refractivity contribution is 0.102. The lowest BCUT2D eigenvalue weighted by Crippen LogP contribution is -2.18. The van der Waals surface area contributed by atoms with Crippen molar-refractivity contribution in [1.29, 1.82) is 0 Å². The highest BCUT2D eigenvalue weighted by atomic mass is 32.2. The molecule has 2 N–H and O–H groups in total. The van der Waals surface area contributed by atoms with E-state index in [2.05, 4.69) is 33.9 Å². The summed E-state index contributed by atoms with van der Waals surface area (Å²) in [7, 11) is -4.07. The normalized spacial score (nSPS) is 14.2. The van der Waals surface area contributed by atoms with Crippen LogP contribution in [-0.4, -0.2) is 24.3 Å². The number of ether oxygens (including phenoxy) is 1. The fourth-order valence-electron chi connectivity index (χ4n) is 4.29. The van der Waals surface area contributed by atoms with Crippen LogP contribution in [0.2, 0.25) is 0 Å². The topological polar surface area (TPSA) is 110 Å². The molecule has 0 saturated heterocycles. The second-order valence-corrected chi connectivity index (χ2v) is 10.7. The molecule has 0 atom stereocenters. The van der Waals surface area contributed by atoms with Crippen LogP contribution in [0.1, 0.15) is 48.2 Å². The fraction of sp³-hybridized carbons (Fsp3) is 0.179. The van der Waals surface area contributed by atoms with Gasteiger partial charge in [-0.1, -0.05) is 57.2 Å². The summed E-state index contributed by atoms with van der Waals surface area (Å²) >= 11 is 0. The molecule has 2 heterocycles. The molecule has 1 aliphatic rings. The SMILES string of the molecule is CCc1c2nc(nc1-c1ccccc1C(C)C)NS(=O)(=O)c1cccc(c1)NC(=O)c1cccc(c1)O2. The number of hydrogen-bond donors (Lipinski definition) is 2. The first-order chi connectivity index (χ1) is 17.7. The van der Waals surface area contributed by atoms with Gasteiger partial charge in [-0.3, -0.25) is 4.79 Å². The van der Waals surface area contributed by atoms with E-state index in [1.165, 1.54) is 12.1 Å². The average Bonchev–Trinajstić information content (AvgIpc) is 2.88. The number of hydrogen-bond acceptors (Lipinski definition) is 6. The molecule has 1 amide bonds. The van der Waals surface area contributed by atoms with Gasteiger partial charge < -0.3 is 10.1 Å². The van der Waals surface area contributed by atoms with Crippen LogP contribution >= 0.6 is 0 Å². The highest BCUT2D eigenvalue weighted by molar-refractivity contribution is 7.92. The summed E-state index contributed by atoms with van der Waals surface area (Å²) in [5, 5.41) is 2.74. The predicted molar refractivity (Wildman–Crippen MR) is 143 cm³/mol. The van der Waals surface area contributed by atoms with Crippen molar-refractivity contribution in [2.45, 2.75) is 38.0 Å². The van der Waals surface area contributed by atoms with Crippen LogP contribution in [0, 0.1) is 0 Å². The predicted octanol–water partition coefficient (Wildman–Crippen LogP) is 5.99. The van der Waals surface area contributed by atoms with E-state index >= 15 is 0 Å². The Kier molecular flexibility index (Phi) is 6.39. The van der Waals surface area contributed by atoms with Gasteiger partial charge in [-0.15, -0.1) is 0 Å². The Morgan fingerprint density at radius 3 is 2.51 bits per heavy atom. The molecule has 188 valence electrons. The summed E-state index contributed by atoms with van der Waals surface area (Å²) in [6, 6.07) is 20.6. The number of nitrogens with one attached hydrogen (secondary N) is 2. The number of rotatable bonds is 3. The number of aromatic nitrogens is 2. The van der Waals surface area contributed by atoms with Gasteiger partial charge in [0.15, 0.2) is 0 Å². The summed E-state index contributed by atoms with van der Waals surface area (Å²) in [6.45, 7) is 6.15. The van der Waals surface area contributed by atoms with Crippen LogP contribution in [0.25, 0.3) is 11.3 Å². The minimum atomic E-state index is -4.07. The molecule has 6 bridgehead atoms. The third-order valence-electron chi connectivity index (χ3n) is 6.10. The number of benzene rings is 3. The Morgan fingerprint density at radius 2 is 1.73 bits per heavy atom. The van der Waals surface area contributed by atoms with Crippen molar-refractivity contribution < 1.29 is 17.9 Å². The van der Waals surface area contributed by atoms with Gasteiger partial charge in [0.25, 0.3) is 15.9 Å². The van der Waals surface area contributed by atoms with E-state index in [-0.39, 0.29) is 22.6 Å². The second-order valence-electron chi connectivity index (χ2n) is 8.99. The van der Waals surface area contributed by atoms with Crippen LogP contribution in [-0.2, 0) is 16.4 Å². The van der Waals surface area contributed by atoms with E-state index in [9.17, 15) is 13.2 Å². The summed E-state index contributed by atoms with van der Waals surface area (Å²) < 4.78 is 35.3. The number of anilines is 2. The monoisotopic (exact) mass is 514 g/mol. The maximum absolute atomic E-state index is 13.3. The molecule has 9 heteroatoms. The molecule has 1 aliphatic heterocycles. The first kappa shape index (κ1) is 24.5. The molecular weight excluding hydrogens is 488 g/mol. The third kappa shape index (κ3) is 4.90.